The second kappa shape index (κ2) is 9.71. The molecule has 0 unspecified atom stereocenters. The molecule has 0 fully saturated rings. The molecule has 7 heteroatoms. The van der Waals surface area contributed by atoms with E-state index in [0.29, 0.717) is 40.4 Å². The van der Waals surface area contributed by atoms with Gasteiger partial charge in [0.15, 0.2) is 5.76 Å². The Morgan fingerprint density at radius 3 is 2.53 bits per heavy atom. The van der Waals surface area contributed by atoms with E-state index in [-0.39, 0.29) is 22.9 Å². The van der Waals surface area contributed by atoms with Gasteiger partial charge in [-0.05, 0) is 61.0 Å². The molecule has 5 aromatic rings. The van der Waals surface area contributed by atoms with E-state index in [1.54, 1.807) is 60.9 Å². The monoisotopic (exact) mass is 503 g/mol. The van der Waals surface area contributed by atoms with Crippen molar-refractivity contribution in [3.05, 3.63) is 114 Å². The lowest BCUT2D eigenvalue weighted by molar-refractivity contribution is 0.0736. The zero-order valence-corrected chi connectivity index (χ0v) is 20.3. The Bertz CT molecular complexity index is 1700. The molecule has 0 atom stereocenters. The molecule has 1 aliphatic heterocycles. The summed E-state index contributed by atoms with van der Waals surface area (Å²) in [5.41, 5.74) is 2.73. The molecular formula is C31H21NO6. The molecule has 186 valence electrons. The van der Waals surface area contributed by atoms with E-state index >= 15 is 0 Å². The van der Waals surface area contributed by atoms with Crippen LogP contribution in [0, 0.1) is 0 Å². The van der Waals surface area contributed by atoms with E-state index in [2.05, 4.69) is 4.98 Å². The van der Waals surface area contributed by atoms with Gasteiger partial charge in [0.2, 0.25) is 5.78 Å². The lowest BCUT2D eigenvalue weighted by Crippen LogP contribution is -2.09. The minimum Gasteiger partial charge on any atom is -0.494 e. The standard InChI is InChI=1S/C31H21NO6/c1-2-35-21-9-11-25-24(17-21)28(30(38-25)20-6-4-3-5-7-20)31(34)36-22-8-10-23-26(18-22)37-27(29(23)33)16-19-12-14-32-15-13-19/h3-18H,2H2,1H3. The van der Waals surface area contributed by atoms with Gasteiger partial charge in [0.25, 0.3) is 0 Å². The summed E-state index contributed by atoms with van der Waals surface area (Å²) >= 11 is 0. The first-order valence-corrected chi connectivity index (χ1v) is 12.1. The number of hydrogen-bond acceptors (Lipinski definition) is 7. The molecule has 38 heavy (non-hydrogen) atoms. The summed E-state index contributed by atoms with van der Waals surface area (Å²) in [5.74, 6) is 0.908. The van der Waals surface area contributed by atoms with E-state index in [4.69, 9.17) is 18.6 Å². The van der Waals surface area contributed by atoms with Crippen LogP contribution < -0.4 is 14.2 Å². The van der Waals surface area contributed by atoms with Gasteiger partial charge in [0.05, 0.1) is 12.2 Å². The smallest absolute Gasteiger partial charge is 0.348 e. The minimum absolute atomic E-state index is 0.185. The summed E-state index contributed by atoms with van der Waals surface area (Å²) in [6.07, 6.45) is 4.92. The lowest BCUT2D eigenvalue weighted by Gasteiger charge is -2.07. The Balaban J connectivity index is 1.34. The molecule has 3 aromatic carbocycles. The van der Waals surface area contributed by atoms with Crippen LogP contribution in [0.15, 0.2) is 101 Å². The number of ether oxygens (including phenoxy) is 3. The highest BCUT2D eigenvalue weighted by atomic mass is 16.5. The SMILES string of the molecule is CCOc1ccc2oc(-c3ccccc3)c(C(=O)Oc3ccc4c(c3)OC(=Cc3ccncc3)C4=O)c2c1. The molecule has 0 spiro atoms. The largest absolute Gasteiger partial charge is 0.494 e. The van der Waals surface area contributed by atoms with E-state index in [1.165, 1.54) is 6.07 Å². The van der Waals surface area contributed by atoms with Gasteiger partial charge in [-0.1, -0.05) is 30.3 Å². The topological polar surface area (TPSA) is 87.9 Å². The highest BCUT2D eigenvalue weighted by Gasteiger charge is 2.29. The molecule has 0 radical (unpaired) electrons. The van der Waals surface area contributed by atoms with Gasteiger partial charge in [-0.25, -0.2) is 4.79 Å². The van der Waals surface area contributed by atoms with Crippen molar-refractivity contribution in [3.8, 4) is 28.6 Å². The number of furan rings is 1. The fourth-order valence-electron chi connectivity index (χ4n) is 4.33. The molecular weight excluding hydrogens is 482 g/mol. The number of benzene rings is 3. The third kappa shape index (κ3) is 4.30. The third-order valence-corrected chi connectivity index (χ3v) is 6.07. The van der Waals surface area contributed by atoms with Gasteiger partial charge in [-0.2, -0.15) is 0 Å². The Hall–Kier alpha value is -5.17. The predicted molar refractivity (Wildman–Crippen MR) is 141 cm³/mol. The normalized spacial score (nSPS) is 13.4. The molecule has 1 aliphatic rings. The average molecular weight is 504 g/mol. The zero-order valence-electron chi connectivity index (χ0n) is 20.3. The van der Waals surface area contributed by atoms with Crippen molar-refractivity contribution in [1.82, 2.24) is 4.98 Å². The first-order chi connectivity index (χ1) is 18.6. The van der Waals surface area contributed by atoms with Crippen LogP contribution in [0.25, 0.3) is 28.4 Å². The number of allylic oxidation sites excluding steroid dienone is 1. The van der Waals surface area contributed by atoms with Crippen LogP contribution in [-0.2, 0) is 0 Å². The molecule has 0 N–H and O–H groups in total. The second-order valence-corrected chi connectivity index (χ2v) is 8.53. The lowest BCUT2D eigenvalue weighted by atomic mass is 10.1. The summed E-state index contributed by atoms with van der Waals surface area (Å²) in [5, 5.41) is 0.579. The Morgan fingerprint density at radius 2 is 1.74 bits per heavy atom. The highest BCUT2D eigenvalue weighted by Crippen LogP contribution is 2.38. The zero-order chi connectivity index (χ0) is 26.1. The Labute approximate surface area is 217 Å². The van der Waals surface area contributed by atoms with Crippen LogP contribution in [0.2, 0.25) is 0 Å². The van der Waals surface area contributed by atoms with Gasteiger partial charge >= 0.3 is 5.97 Å². The van der Waals surface area contributed by atoms with Gasteiger partial charge in [0.1, 0.15) is 34.2 Å². The van der Waals surface area contributed by atoms with Crippen molar-refractivity contribution in [2.45, 2.75) is 6.92 Å². The summed E-state index contributed by atoms with van der Waals surface area (Å²) in [7, 11) is 0. The highest BCUT2D eigenvalue weighted by molar-refractivity contribution is 6.15. The van der Waals surface area contributed by atoms with Crippen molar-refractivity contribution >= 4 is 28.8 Å². The van der Waals surface area contributed by atoms with Crippen molar-refractivity contribution in [2.24, 2.45) is 0 Å². The van der Waals surface area contributed by atoms with E-state index in [1.807, 2.05) is 37.3 Å². The molecule has 3 heterocycles. The predicted octanol–water partition coefficient (Wildman–Crippen LogP) is 6.73. The number of rotatable bonds is 6. The first-order valence-electron chi connectivity index (χ1n) is 12.1. The Morgan fingerprint density at radius 1 is 0.947 bits per heavy atom. The molecule has 0 aliphatic carbocycles. The van der Waals surface area contributed by atoms with Gasteiger partial charge in [-0.15, -0.1) is 0 Å². The van der Waals surface area contributed by atoms with Crippen LogP contribution in [-0.4, -0.2) is 23.3 Å². The molecule has 0 saturated heterocycles. The van der Waals surface area contributed by atoms with Crippen molar-refractivity contribution in [3.63, 3.8) is 0 Å². The number of aromatic nitrogens is 1. The third-order valence-electron chi connectivity index (χ3n) is 6.07. The number of ketones is 1. The van der Waals surface area contributed by atoms with Crippen LogP contribution in [0.4, 0.5) is 0 Å². The summed E-state index contributed by atoms with van der Waals surface area (Å²) < 4.78 is 23.3. The summed E-state index contributed by atoms with van der Waals surface area (Å²) in [6, 6.07) is 22.9. The molecule has 0 bridgehead atoms. The fourth-order valence-corrected chi connectivity index (χ4v) is 4.33. The summed E-state index contributed by atoms with van der Waals surface area (Å²) in [6.45, 7) is 2.38. The fraction of sp³-hybridized carbons (Fsp3) is 0.0645. The van der Waals surface area contributed by atoms with Crippen LogP contribution in [0.1, 0.15) is 33.2 Å². The van der Waals surface area contributed by atoms with Crippen molar-refractivity contribution in [1.29, 1.82) is 0 Å². The van der Waals surface area contributed by atoms with Crippen LogP contribution in [0.3, 0.4) is 0 Å². The number of hydrogen-bond donors (Lipinski definition) is 0. The maximum Gasteiger partial charge on any atom is 0.348 e. The molecule has 2 aromatic heterocycles. The number of fused-ring (bicyclic) bond motifs is 2. The number of pyridine rings is 1. The van der Waals surface area contributed by atoms with Gasteiger partial charge < -0.3 is 18.6 Å². The molecule has 0 amide bonds. The summed E-state index contributed by atoms with van der Waals surface area (Å²) in [4.78, 5) is 30.4. The molecule has 0 saturated carbocycles. The minimum atomic E-state index is -0.604. The van der Waals surface area contributed by atoms with Crippen LogP contribution >= 0.6 is 0 Å². The Kier molecular flexibility index (Phi) is 5.94. The van der Waals surface area contributed by atoms with E-state index < -0.39 is 5.97 Å². The van der Waals surface area contributed by atoms with Crippen molar-refractivity contribution < 1.29 is 28.2 Å². The maximum absolute atomic E-state index is 13.6. The average Bonchev–Trinajstić information content (AvgIpc) is 3.47. The molecule has 6 rings (SSSR count). The van der Waals surface area contributed by atoms with Crippen molar-refractivity contribution in [2.75, 3.05) is 6.61 Å². The first kappa shape index (κ1) is 23.2. The van der Waals surface area contributed by atoms with Gasteiger partial charge in [-0.3, -0.25) is 9.78 Å². The second-order valence-electron chi connectivity index (χ2n) is 8.53. The number of carbonyl (C=O) groups is 2. The number of carbonyl (C=O) groups excluding carboxylic acids is 2. The maximum atomic E-state index is 13.6. The van der Waals surface area contributed by atoms with E-state index in [9.17, 15) is 9.59 Å². The quantitative estimate of drug-likeness (QED) is 0.144. The molecule has 7 nitrogen and oxygen atoms in total. The van der Waals surface area contributed by atoms with E-state index in [0.717, 1.165) is 11.1 Å². The number of Topliss-reactive ketones (excluding diaryl/α,β-unsaturated/α-hetero) is 1. The van der Waals surface area contributed by atoms with Crippen LogP contribution in [0.5, 0.6) is 17.2 Å². The number of nitrogens with zero attached hydrogens (tertiary/aromatic N) is 1. The van der Waals surface area contributed by atoms with Gasteiger partial charge in [0, 0.05) is 29.4 Å². The number of esters is 1.